The molecule has 1 amide bonds. The van der Waals surface area contributed by atoms with Crippen LogP contribution in [0.3, 0.4) is 0 Å². The van der Waals surface area contributed by atoms with Crippen LogP contribution in [0.5, 0.6) is 5.75 Å². The number of nitrogens with zero attached hydrogens (tertiary/aromatic N) is 3. The highest BCUT2D eigenvalue weighted by atomic mass is 16.5. The number of aryl methyl sites for hydroxylation is 2. The fourth-order valence-electron chi connectivity index (χ4n) is 2.43. The van der Waals surface area contributed by atoms with Crippen LogP contribution in [-0.2, 0) is 17.6 Å². The monoisotopic (exact) mass is 342 g/mol. The zero-order valence-electron chi connectivity index (χ0n) is 14.2. The molecular weight excluding hydrogens is 324 g/mol. The number of para-hydroxylation sites is 2. The lowest BCUT2D eigenvalue weighted by atomic mass is 10.1. The van der Waals surface area contributed by atoms with Gasteiger partial charge in [-0.1, -0.05) is 22.4 Å². The smallest absolute Gasteiger partial charge is 0.232 e. The Morgan fingerprint density at radius 3 is 2.72 bits per heavy atom. The largest absolute Gasteiger partial charge is 0.495 e. The molecule has 2 heterocycles. The van der Waals surface area contributed by atoms with E-state index in [2.05, 4.69) is 20.6 Å². The Hall–Kier alpha value is -3.16. The summed E-state index contributed by atoms with van der Waals surface area (Å²) in [4.78, 5) is 16.4. The van der Waals surface area contributed by atoms with Gasteiger partial charge in [0.25, 0.3) is 0 Å². The van der Waals surface area contributed by atoms with E-state index in [1.54, 1.807) is 19.2 Å². The fourth-order valence-corrected chi connectivity index (χ4v) is 2.43. The van der Waals surface area contributed by atoms with Crippen LogP contribution in [0.4, 0.5) is 5.69 Å². The first-order valence-electron chi connectivity index (χ1n) is 7.73. The minimum Gasteiger partial charge on any atom is -0.495 e. The molecule has 8 heteroatoms. The van der Waals surface area contributed by atoms with Gasteiger partial charge in [-0.15, -0.1) is 0 Å². The summed E-state index contributed by atoms with van der Waals surface area (Å²) in [5.74, 6) is 1.77. The SMILES string of the molecule is COc1ccccc1NC(=O)Cc1noc(Cc2c(C)noc2C)n1. The number of hydrogen-bond donors (Lipinski definition) is 1. The highest BCUT2D eigenvalue weighted by molar-refractivity contribution is 5.93. The number of rotatable bonds is 6. The summed E-state index contributed by atoms with van der Waals surface area (Å²) in [7, 11) is 1.55. The Labute approximate surface area is 144 Å². The number of carbonyl (C=O) groups is 1. The van der Waals surface area contributed by atoms with Crippen molar-refractivity contribution in [2.45, 2.75) is 26.7 Å². The second kappa shape index (κ2) is 7.16. The fraction of sp³-hybridized carbons (Fsp3) is 0.294. The number of anilines is 1. The molecule has 0 bridgehead atoms. The Morgan fingerprint density at radius 1 is 1.20 bits per heavy atom. The molecule has 0 spiro atoms. The van der Waals surface area contributed by atoms with Gasteiger partial charge in [0, 0.05) is 5.56 Å². The van der Waals surface area contributed by atoms with Crippen LogP contribution in [-0.4, -0.2) is 28.3 Å². The molecule has 0 saturated carbocycles. The van der Waals surface area contributed by atoms with Crippen molar-refractivity contribution < 1.29 is 18.6 Å². The Bertz CT molecular complexity index is 865. The molecule has 8 nitrogen and oxygen atoms in total. The van der Waals surface area contributed by atoms with Gasteiger partial charge in [0.1, 0.15) is 11.5 Å². The van der Waals surface area contributed by atoms with Crippen molar-refractivity contribution in [1.29, 1.82) is 0 Å². The number of amides is 1. The van der Waals surface area contributed by atoms with Crippen molar-refractivity contribution in [3.8, 4) is 5.75 Å². The Kier molecular flexibility index (Phi) is 4.78. The van der Waals surface area contributed by atoms with Crippen molar-refractivity contribution in [1.82, 2.24) is 15.3 Å². The van der Waals surface area contributed by atoms with Gasteiger partial charge in [-0.2, -0.15) is 4.98 Å². The lowest BCUT2D eigenvalue weighted by molar-refractivity contribution is -0.115. The summed E-state index contributed by atoms with van der Waals surface area (Å²) >= 11 is 0. The first-order chi connectivity index (χ1) is 12.1. The van der Waals surface area contributed by atoms with Crippen molar-refractivity contribution >= 4 is 11.6 Å². The molecule has 0 unspecified atom stereocenters. The molecule has 3 rings (SSSR count). The zero-order valence-corrected chi connectivity index (χ0v) is 14.2. The van der Waals surface area contributed by atoms with E-state index in [1.165, 1.54) is 0 Å². The summed E-state index contributed by atoms with van der Waals surface area (Å²) in [5, 5.41) is 10.5. The van der Waals surface area contributed by atoms with Crippen LogP contribution >= 0.6 is 0 Å². The van der Waals surface area contributed by atoms with Gasteiger partial charge in [0.2, 0.25) is 11.8 Å². The molecule has 0 aliphatic rings. The highest BCUT2D eigenvalue weighted by Gasteiger charge is 2.16. The number of benzene rings is 1. The Morgan fingerprint density at radius 2 is 2.00 bits per heavy atom. The molecule has 3 aromatic rings. The van der Waals surface area contributed by atoms with E-state index in [9.17, 15) is 4.79 Å². The van der Waals surface area contributed by atoms with E-state index in [4.69, 9.17) is 13.8 Å². The van der Waals surface area contributed by atoms with E-state index in [0.717, 1.165) is 11.3 Å². The van der Waals surface area contributed by atoms with Crippen LogP contribution in [0.2, 0.25) is 0 Å². The molecular formula is C17H18N4O4. The normalized spacial score (nSPS) is 10.7. The number of methoxy groups -OCH3 is 1. The molecule has 0 aliphatic heterocycles. The second-order valence-electron chi connectivity index (χ2n) is 5.51. The lowest BCUT2D eigenvalue weighted by Gasteiger charge is -2.08. The number of aromatic nitrogens is 3. The summed E-state index contributed by atoms with van der Waals surface area (Å²) < 4.78 is 15.5. The van der Waals surface area contributed by atoms with E-state index >= 15 is 0 Å². The van der Waals surface area contributed by atoms with Gasteiger partial charge >= 0.3 is 0 Å². The third-order valence-corrected chi connectivity index (χ3v) is 3.72. The summed E-state index contributed by atoms with van der Waals surface area (Å²) in [5.41, 5.74) is 2.29. The summed E-state index contributed by atoms with van der Waals surface area (Å²) in [6.07, 6.45) is 0.422. The molecule has 0 radical (unpaired) electrons. The predicted molar refractivity (Wildman–Crippen MR) is 88.4 cm³/mol. The summed E-state index contributed by atoms with van der Waals surface area (Å²) in [6, 6.07) is 7.17. The van der Waals surface area contributed by atoms with E-state index in [-0.39, 0.29) is 12.3 Å². The minimum atomic E-state index is -0.255. The van der Waals surface area contributed by atoms with Crippen LogP contribution in [0, 0.1) is 13.8 Å². The summed E-state index contributed by atoms with van der Waals surface area (Å²) in [6.45, 7) is 3.68. The molecule has 1 aromatic carbocycles. The molecule has 130 valence electrons. The second-order valence-corrected chi connectivity index (χ2v) is 5.51. The number of carbonyl (C=O) groups excluding carboxylic acids is 1. The molecule has 0 atom stereocenters. The molecule has 25 heavy (non-hydrogen) atoms. The zero-order chi connectivity index (χ0) is 17.8. The topological polar surface area (TPSA) is 103 Å². The molecule has 0 saturated heterocycles. The molecule has 1 N–H and O–H groups in total. The third-order valence-electron chi connectivity index (χ3n) is 3.72. The van der Waals surface area contributed by atoms with Crippen LogP contribution < -0.4 is 10.1 Å². The van der Waals surface area contributed by atoms with Crippen molar-refractivity contribution in [2.24, 2.45) is 0 Å². The maximum Gasteiger partial charge on any atom is 0.232 e. The standard InChI is InChI=1S/C17H18N4O4/c1-10-12(11(2)24-20-10)8-17-19-15(21-25-17)9-16(22)18-13-6-4-5-7-14(13)23-3/h4-7H,8-9H2,1-3H3,(H,18,22). The van der Waals surface area contributed by atoms with Crippen LogP contribution in [0.1, 0.15) is 28.7 Å². The van der Waals surface area contributed by atoms with Crippen molar-refractivity contribution in [3.63, 3.8) is 0 Å². The first kappa shape index (κ1) is 16.7. The molecule has 0 aliphatic carbocycles. The highest BCUT2D eigenvalue weighted by Crippen LogP contribution is 2.23. The number of hydrogen-bond acceptors (Lipinski definition) is 7. The van der Waals surface area contributed by atoms with Gasteiger partial charge in [-0.25, -0.2) is 0 Å². The average Bonchev–Trinajstić information content (AvgIpc) is 3.16. The van der Waals surface area contributed by atoms with Crippen LogP contribution in [0.25, 0.3) is 0 Å². The van der Waals surface area contributed by atoms with Gasteiger partial charge < -0.3 is 19.1 Å². The van der Waals surface area contributed by atoms with Gasteiger partial charge in [-0.05, 0) is 26.0 Å². The maximum atomic E-state index is 12.2. The quantitative estimate of drug-likeness (QED) is 0.734. The third kappa shape index (κ3) is 3.85. The Balaban J connectivity index is 1.64. The van der Waals surface area contributed by atoms with Gasteiger partial charge in [0.15, 0.2) is 5.82 Å². The van der Waals surface area contributed by atoms with Gasteiger partial charge in [0.05, 0.1) is 31.3 Å². The van der Waals surface area contributed by atoms with Crippen molar-refractivity contribution in [2.75, 3.05) is 12.4 Å². The van der Waals surface area contributed by atoms with E-state index in [1.807, 2.05) is 26.0 Å². The van der Waals surface area contributed by atoms with Crippen LogP contribution in [0.15, 0.2) is 33.3 Å². The van der Waals surface area contributed by atoms with Crippen molar-refractivity contribution in [3.05, 3.63) is 53.0 Å². The maximum absolute atomic E-state index is 12.2. The number of ether oxygens (including phenoxy) is 1. The average molecular weight is 342 g/mol. The molecule has 0 fully saturated rings. The first-order valence-corrected chi connectivity index (χ1v) is 7.73. The lowest BCUT2D eigenvalue weighted by Crippen LogP contribution is -2.15. The minimum absolute atomic E-state index is 0.00312. The van der Waals surface area contributed by atoms with E-state index in [0.29, 0.717) is 35.3 Å². The molecule has 2 aromatic heterocycles. The predicted octanol–water partition coefficient (Wildman–Crippen LogP) is 2.46. The number of nitrogens with one attached hydrogen (secondary N) is 1. The van der Waals surface area contributed by atoms with Gasteiger partial charge in [-0.3, -0.25) is 4.79 Å². The van der Waals surface area contributed by atoms with E-state index < -0.39 is 0 Å².